The van der Waals surface area contributed by atoms with Crippen LogP contribution < -0.4 is 10.2 Å². The summed E-state index contributed by atoms with van der Waals surface area (Å²) in [6.45, 7) is 0. The van der Waals surface area contributed by atoms with Crippen LogP contribution >= 0.6 is 0 Å². The van der Waals surface area contributed by atoms with Gasteiger partial charge in [-0.1, -0.05) is 10.6 Å². The van der Waals surface area contributed by atoms with E-state index < -0.39 is 10.6 Å². The molecule has 10 heavy (non-hydrogen) atoms. The third kappa shape index (κ3) is 1280. The molecule has 0 saturated heterocycles. The van der Waals surface area contributed by atoms with E-state index in [4.69, 9.17) is 19.8 Å². The normalized spacial score (nSPS) is 4.80. The maximum atomic E-state index is 8.70. The fourth-order valence-electron chi connectivity index (χ4n) is 0. The topological polar surface area (TPSA) is 80.3 Å². The van der Waals surface area contributed by atoms with E-state index in [2.05, 4.69) is 25.3 Å². The molecule has 0 aromatic heterocycles. The van der Waals surface area contributed by atoms with Gasteiger partial charge in [0.15, 0.2) is 0 Å². The van der Waals surface area contributed by atoms with Crippen LogP contribution in [0.1, 0.15) is 0 Å². The van der Waals surface area contributed by atoms with Gasteiger partial charge in [-0.15, -0.1) is 0 Å². The Hall–Kier alpha value is 0.627. The first-order chi connectivity index (χ1) is 3.46. The largest absolute Gasteiger partial charge is 2.00 e. The summed E-state index contributed by atoms with van der Waals surface area (Å²) in [6, 6.07) is 0. The molecule has 0 heterocycles. The Labute approximate surface area is 94.1 Å². The van der Waals surface area contributed by atoms with Crippen molar-refractivity contribution in [2.45, 2.75) is 0 Å². The van der Waals surface area contributed by atoms with Crippen molar-refractivity contribution in [1.29, 1.82) is 0 Å². The zero-order valence-electron chi connectivity index (χ0n) is 4.86. The van der Waals surface area contributed by atoms with Crippen molar-refractivity contribution in [2.24, 2.45) is 0 Å². The first-order valence-electron chi connectivity index (χ1n) is 1.22. The quantitative estimate of drug-likeness (QED) is 0.369. The van der Waals surface area contributed by atoms with Crippen LogP contribution in [0.4, 0.5) is 9.59 Å². The fourth-order valence-corrected chi connectivity index (χ4v) is 0. The SMILES string of the molecule is O=C([O-])[S-].O=C([O-])[S-].[Zn+2].[Zn+2]. The van der Waals surface area contributed by atoms with Gasteiger partial charge in [-0.25, -0.2) is 0 Å². The van der Waals surface area contributed by atoms with Gasteiger partial charge >= 0.3 is 39.0 Å². The third-order valence-electron chi connectivity index (χ3n) is 0. The van der Waals surface area contributed by atoms with E-state index >= 15 is 0 Å². The molecule has 0 aliphatic heterocycles. The summed E-state index contributed by atoms with van der Waals surface area (Å²) in [7, 11) is 0. The molecule has 0 atom stereocenters. The Morgan fingerprint density at radius 2 is 0.900 bits per heavy atom. The van der Waals surface area contributed by atoms with E-state index in [1.54, 1.807) is 0 Å². The number of hydrogen-bond donors (Lipinski definition) is 0. The maximum Gasteiger partial charge on any atom is 2.00 e. The van der Waals surface area contributed by atoms with Gasteiger partial charge in [0.2, 0.25) is 0 Å². The summed E-state index contributed by atoms with van der Waals surface area (Å²) in [5.74, 6) is 0. The smallest absolute Gasteiger partial charge is 0.764 e. The van der Waals surface area contributed by atoms with Gasteiger partial charge in [0, 0.05) is 0 Å². The standard InChI is InChI=1S/2CH2O2S.2Zn/c2*2-1(3)4;;/h2*4H,(H,2,3);;/q;;2*+2/p-4. The van der Waals surface area contributed by atoms with Crippen LogP contribution in [0.5, 0.6) is 0 Å². The van der Waals surface area contributed by atoms with E-state index in [-0.39, 0.29) is 39.0 Å². The molecule has 0 bridgehead atoms. The molecular formula is C2O4S2Zn2. The molecule has 0 aliphatic carbocycles. The van der Waals surface area contributed by atoms with E-state index in [1.165, 1.54) is 0 Å². The number of carbonyl (C=O) groups excluding carboxylic acids is 2. The zero-order valence-corrected chi connectivity index (χ0v) is 12.4. The summed E-state index contributed by atoms with van der Waals surface area (Å²) >= 11 is 6.85. The average Bonchev–Trinajstić information content (AvgIpc) is 1.25. The molecule has 8 heteroatoms. The average molecular weight is 283 g/mol. The minimum Gasteiger partial charge on any atom is -0.764 e. The Bertz CT molecular complexity index is 77.3. The summed E-state index contributed by atoms with van der Waals surface area (Å²) in [4.78, 5) is 17.4. The number of carboxylic acid groups (broad SMARTS) is 2. The van der Waals surface area contributed by atoms with Gasteiger partial charge in [0.25, 0.3) is 0 Å². The number of rotatable bonds is 0. The van der Waals surface area contributed by atoms with Gasteiger partial charge in [-0.05, 0) is 0 Å². The number of hydrogen-bond acceptors (Lipinski definition) is 6. The Kier molecular flexibility index (Phi) is 36.6. The predicted octanol–water partition coefficient (Wildman–Crippen LogP) is -2.25. The van der Waals surface area contributed by atoms with Gasteiger partial charge in [0.05, 0.1) is 0 Å². The van der Waals surface area contributed by atoms with Gasteiger partial charge < -0.3 is 45.1 Å². The second kappa shape index (κ2) is 16.3. The van der Waals surface area contributed by atoms with Gasteiger partial charge in [0.1, 0.15) is 0 Å². The second-order valence-electron chi connectivity index (χ2n) is 0.500. The second-order valence-corrected chi connectivity index (χ2v) is 1.17. The number of carbonyl (C=O) groups is 2. The van der Waals surface area contributed by atoms with Crippen LogP contribution in [-0.2, 0) is 64.2 Å². The van der Waals surface area contributed by atoms with Crippen molar-refractivity contribution in [3.8, 4) is 0 Å². The first kappa shape index (κ1) is 22.4. The van der Waals surface area contributed by atoms with E-state index in [0.717, 1.165) is 0 Å². The van der Waals surface area contributed by atoms with Crippen LogP contribution in [0.2, 0.25) is 0 Å². The molecule has 0 radical (unpaired) electrons. The molecule has 0 saturated carbocycles. The van der Waals surface area contributed by atoms with Gasteiger partial charge in [-0.2, -0.15) is 0 Å². The van der Waals surface area contributed by atoms with Crippen molar-refractivity contribution in [2.75, 3.05) is 0 Å². The van der Waals surface area contributed by atoms with Crippen LogP contribution in [0.25, 0.3) is 0 Å². The zero-order chi connectivity index (χ0) is 7.15. The molecule has 0 spiro atoms. The van der Waals surface area contributed by atoms with Crippen molar-refractivity contribution < 1.29 is 58.8 Å². The molecule has 4 nitrogen and oxygen atoms in total. The summed E-state index contributed by atoms with van der Waals surface area (Å²) < 4.78 is 0. The Balaban J connectivity index is -0.0000000300. The van der Waals surface area contributed by atoms with Gasteiger partial charge in [-0.3, -0.25) is 0 Å². The predicted molar refractivity (Wildman–Crippen MR) is 25.5 cm³/mol. The molecular weight excluding hydrogens is 283 g/mol. The monoisotopic (exact) mass is 280 g/mol. The first-order valence-corrected chi connectivity index (χ1v) is 2.04. The minimum absolute atomic E-state index is 0. The molecule has 0 aromatic carbocycles. The third-order valence-corrected chi connectivity index (χ3v) is 0. The fraction of sp³-hybridized carbons (Fsp3) is 0. The Morgan fingerprint density at radius 3 is 0.900 bits per heavy atom. The van der Waals surface area contributed by atoms with Crippen molar-refractivity contribution in [3.63, 3.8) is 0 Å². The summed E-state index contributed by atoms with van der Waals surface area (Å²) in [6.07, 6.45) is 0. The van der Waals surface area contributed by atoms with Crippen LogP contribution in [0, 0.1) is 0 Å². The van der Waals surface area contributed by atoms with Crippen molar-refractivity contribution in [1.82, 2.24) is 0 Å². The minimum atomic E-state index is -1.50. The van der Waals surface area contributed by atoms with Crippen LogP contribution in [-0.4, -0.2) is 10.6 Å². The van der Waals surface area contributed by atoms with Crippen LogP contribution in [0.15, 0.2) is 0 Å². The van der Waals surface area contributed by atoms with Crippen LogP contribution in [0.3, 0.4) is 0 Å². The van der Waals surface area contributed by atoms with E-state index in [0.29, 0.717) is 0 Å². The maximum absolute atomic E-state index is 8.70. The van der Waals surface area contributed by atoms with Crippen molar-refractivity contribution in [3.05, 3.63) is 0 Å². The molecule has 0 fully saturated rings. The Morgan fingerprint density at radius 1 is 0.900 bits per heavy atom. The molecule has 0 rings (SSSR count). The molecule has 0 aromatic rings. The van der Waals surface area contributed by atoms with E-state index in [9.17, 15) is 0 Å². The summed E-state index contributed by atoms with van der Waals surface area (Å²) in [5.41, 5.74) is 0. The van der Waals surface area contributed by atoms with E-state index in [1.807, 2.05) is 0 Å². The van der Waals surface area contributed by atoms with Crippen molar-refractivity contribution >= 4 is 35.9 Å². The molecule has 0 N–H and O–H groups in total. The molecule has 0 aliphatic rings. The summed E-state index contributed by atoms with van der Waals surface area (Å²) in [5, 5.41) is 14.4. The molecule has 48 valence electrons. The molecule has 0 amide bonds. The molecule has 0 unspecified atom stereocenters.